The Labute approximate surface area is 218 Å². The van der Waals surface area contributed by atoms with E-state index in [-0.39, 0.29) is 37.6 Å². The highest BCUT2D eigenvalue weighted by molar-refractivity contribution is 5.75. The van der Waals surface area contributed by atoms with Gasteiger partial charge in [0.1, 0.15) is 6.61 Å². The first-order valence-corrected chi connectivity index (χ1v) is 13.2. The van der Waals surface area contributed by atoms with Crippen LogP contribution in [-0.2, 0) is 20.8 Å². The lowest BCUT2D eigenvalue weighted by atomic mass is 9.85. The monoisotopic (exact) mass is 522 g/mol. The zero-order valence-corrected chi connectivity index (χ0v) is 21.5. The van der Waals surface area contributed by atoms with Crippen LogP contribution in [0.3, 0.4) is 0 Å². The molecule has 1 amide bonds. The molecule has 208 valence electrons. The molecular formula is C27H42N2O8. The molecular weight excluding hydrogens is 480 g/mol. The summed E-state index contributed by atoms with van der Waals surface area (Å²) in [5.41, 5.74) is 1.20. The SMILES string of the molecule is O=C(CCCC=CC[C@@H]1[C@@H](CC[C@@H](O)CCc2ccccc2)[C@H](O)C[C@@H]1O)NCCOCCO[N+](=O)[O-]. The average molecular weight is 523 g/mol. The number of allylic oxidation sites excluding steroid dienone is 2. The van der Waals surface area contributed by atoms with Crippen molar-refractivity contribution in [3.05, 3.63) is 58.2 Å². The fraction of sp³-hybridized carbons (Fsp3) is 0.667. The number of aliphatic hydroxyl groups excluding tert-OH is 3. The summed E-state index contributed by atoms with van der Waals surface area (Å²) >= 11 is 0. The van der Waals surface area contributed by atoms with Crippen molar-refractivity contribution in [2.75, 3.05) is 26.4 Å². The summed E-state index contributed by atoms with van der Waals surface area (Å²) in [7, 11) is 0. The molecule has 4 N–H and O–H groups in total. The third-order valence-corrected chi connectivity index (χ3v) is 6.81. The average Bonchev–Trinajstić information content (AvgIpc) is 3.15. The second-order valence-corrected chi connectivity index (χ2v) is 9.57. The van der Waals surface area contributed by atoms with E-state index >= 15 is 0 Å². The Morgan fingerprint density at radius 3 is 2.62 bits per heavy atom. The molecule has 10 heteroatoms. The van der Waals surface area contributed by atoms with Crippen LogP contribution in [0.2, 0.25) is 0 Å². The van der Waals surface area contributed by atoms with Gasteiger partial charge in [-0.15, -0.1) is 10.1 Å². The maximum atomic E-state index is 11.9. The molecule has 0 spiro atoms. The molecule has 0 heterocycles. The van der Waals surface area contributed by atoms with Crippen molar-refractivity contribution in [1.82, 2.24) is 5.32 Å². The number of rotatable bonds is 19. The van der Waals surface area contributed by atoms with Crippen LogP contribution in [0.1, 0.15) is 56.9 Å². The third-order valence-electron chi connectivity index (χ3n) is 6.81. The molecule has 10 nitrogen and oxygen atoms in total. The van der Waals surface area contributed by atoms with E-state index in [1.807, 2.05) is 30.4 Å². The van der Waals surface area contributed by atoms with Crippen LogP contribution in [0.4, 0.5) is 0 Å². The van der Waals surface area contributed by atoms with E-state index in [1.54, 1.807) is 0 Å². The minimum atomic E-state index is -0.877. The molecule has 1 aliphatic rings. The molecule has 2 rings (SSSR count). The number of hydrogen-bond acceptors (Lipinski definition) is 8. The summed E-state index contributed by atoms with van der Waals surface area (Å²) in [5, 5.41) is 43.2. The third kappa shape index (κ3) is 13.0. The van der Waals surface area contributed by atoms with Gasteiger partial charge in [-0.2, -0.15) is 0 Å². The summed E-state index contributed by atoms with van der Waals surface area (Å²) in [6.45, 7) is 0.538. The Kier molecular flexibility index (Phi) is 14.8. The Morgan fingerprint density at radius 2 is 1.86 bits per heavy atom. The van der Waals surface area contributed by atoms with Crippen LogP contribution in [0.5, 0.6) is 0 Å². The molecule has 0 saturated heterocycles. The molecule has 0 unspecified atom stereocenters. The van der Waals surface area contributed by atoms with Crippen molar-refractivity contribution in [3.63, 3.8) is 0 Å². The Bertz CT molecular complexity index is 807. The zero-order valence-electron chi connectivity index (χ0n) is 21.5. The lowest BCUT2D eigenvalue weighted by Crippen LogP contribution is -2.27. The summed E-state index contributed by atoms with van der Waals surface area (Å²) in [4.78, 5) is 26.0. The Morgan fingerprint density at radius 1 is 1.11 bits per heavy atom. The smallest absolute Gasteiger partial charge is 0.294 e. The Balaban J connectivity index is 1.57. The van der Waals surface area contributed by atoms with E-state index in [1.165, 1.54) is 5.56 Å². The molecule has 1 aromatic carbocycles. The highest BCUT2D eigenvalue weighted by Gasteiger charge is 2.40. The van der Waals surface area contributed by atoms with Gasteiger partial charge < -0.3 is 30.2 Å². The number of benzene rings is 1. The summed E-state index contributed by atoms with van der Waals surface area (Å²) in [6, 6.07) is 10.1. The number of carbonyl (C=O) groups excluding carboxylic acids is 1. The second kappa shape index (κ2) is 17.8. The lowest BCUT2D eigenvalue weighted by Gasteiger charge is -2.23. The van der Waals surface area contributed by atoms with Crippen molar-refractivity contribution in [1.29, 1.82) is 0 Å². The number of aliphatic hydroxyl groups is 3. The molecule has 37 heavy (non-hydrogen) atoms. The number of nitrogens with one attached hydrogen (secondary N) is 1. The van der Waals surface area contributed by atoms with E-state index in [0.717, 1.165) is 12.8 Å². The van der Waals surface area contributed by atoms with Gasteiger partial charge in [0, 0.05) is 13.0 Å². The molecule has 1 aromatic rings. The van der Waals surface area contributed by atoms with E-state index in [2.05, 4.69) is 22.3 Å². The first-order chi connectivity index (χ1) is 17.9. The molecule has 5 atom stereocenters. The fourth-order valence-corrected chi connectivity index (χ4v) is 4.79. The van der Waals surface area contributed by atoms with Gasteiger partial charge in [-0.25, -0.2) is 0 Å². The number of nitrogens with zero attached hydrogens (tertiary/aromatic N) is 1. The first-order valence-electron chi connectivity index (χ1n) is 13.2. The zero-order chi connectivity index (χ0) is 26.9. The second-order valence-electron chi connectivity index (χ2n) is 9.57. The molecule has 1 aliphatic carbocycles. The van der Waals surface area contributed by atoms with Crippen molar-refractivity contribution < 1.29 is 34.8 Å². The summed E-state index contributed by atoms with van der Waals surface area (Å²) in [5.74, 6) is -0.157. The van der Waals surface area contributed by atoms with Crippen LogP contribution in [0, 0.1) is 22.0 Å². The van der Waals surface area contributed by atoms with Crippen LogP contribution in [-0.4, -0.2) is 71.0 Å². The molecule has 1 fully saturated rings. The predicted molar refractivity (Wildman–Crippen MR) is 138 cm³/mol. The van der Waals surface area contributed by atoms with Gasteiger partial charge in [0.05, 0.1) is 31.5 Å². The quantitative estimate of drug-likeness (QED) is 0.0937. The van der Waals surface area contributed by atoms with Crippen LogP contribution >= 0.6 is 0 Å². The van der Waals surface area contributed by atoms with Gasteiger partial charge in [-0.1, -0.05) is 42.5 Å². The number of unbranched alkanes of at least 4 members (excludes halogenated alkanes) is 1. The normalized spacial score (nSPS) is 22.2. The van der Waals surface area contributed by atoms with Gasteiger partial charge in [0.15, 0.2) is 0 Å². The number of carbonyl (C=O) groups is 1. The van der Waals surface area contributed by atoms with Crippen molar-refractivity contribution in [3.8, 4) is 0 Å². The minimum absolute atomic E-state index is 0.0355. The molecule has 0 bridgehead atoms. The van der Waals surface area contributed by atoms with Gasteiger partial charge in [-0.3, -0.25) is 4.79 Å². The van der Waals surface area contributed by atoms with E-state index in [4.69, 9.17) is 4.74 Å². The Hall–Kier alpha value is -2.53. The van der Waals surface area contributed by atoms with Gasteiger partial charge in [0.2, 0.25) is 5.91 Å². The van der Waals surface area contributed by atoms with E-state index in [0.29, 0.717) is 51.5 Å². The van der Waals surface area contributed by atoms with Crippen molar-refractivity contribution >= 4 is 5.91 Å². The van der Waals surface area contributed by atoms with Crippen molar-refractivity contribution in [2.24, 2.45) is 11.8 Å². The van der Waals surface area contributed by atoms with E-state index < -0.39 is 23.4 Å². The molecule has 0 radical (unpaired) electrons. The maximum Gasteiger partial charge on any atom is 0.294 e. The first kappa shape index (κ1) is 30.7. The maximum absolute atomic E-state index is 11.9. The largest absolute Gasteiger partial charge is 0.393 e. The van der Waals surface area contributed by atoms with E-state index in [9.17, 15) is 30.2 Å². The van der Waals surface area contributed by atoms with Gasteiger partial charge in [-0.05, 0) is 68.8 Å². The fourth-order valence-electron chi connectivity index (χ4n) is 4.79. The standard InChI is InChI=1S/C27H42N2O8/c30-22(13-12-21-8-4-3-5-9-21)14-15-24-23(25(31)20-26(24)32)10-6-1-2-7-11-27(33)28-16-17-36-18-19-37-29(34)35/h1,3-6,8-9,22-26,30-32H,2,7,10-20H2,(H,28,33)/t22-,23+,24+,25-,26+/m0/s1. The number of hydrogen-bond donors (Lipinski definition) is 4. The van der Waals surface area contributed by atoms with Crippen LogP contribution in [0.25, 0.3) is 0 Å². The van der Waals surface area contributed by atoms with Crippen LogP contribution in [0.15, 0.2) is 42.5 Å². The van der Waals surface area contributed by atoms with Crippen LogP contribution < -0.4 is 5.32 Å². The van der Waals surface area contributed by atoms with Gasteiger partial charge in [0.25, 0.3) is 5.09 Å². The topological polar surface area (TPSA) is 151 Å². The number of amides is 1. The summed E-state index contributed by atoms with van der Waals surface area (Å²) in [6.07, 6.45) is 8.10. The minimum Gasteiger partial charge on any atom is -0.393 e. The molecule has 0 aliphatic heterocycles. The molecule has 1 saturated carbocycles. The summed E-state index contributed by atoms with van der Waals surface area (Å²) < 4.78 is 5.12. The highest BCUT2D eigenvalue weighted by atomic mass is 17.0. The van der Waals surface area contributed by atoms with Crippen molar-refractivity contribution in [2.45, 2.75) is 76.1 Å². The highest BCUT2D eigenvalue weighted by Crippen LogP contribution is 2.38. The predicted octanol–water partition coefficient (Wildman–Crippen LogP) is 2.58. The molecule has 0 aromatic heterocycles. The number of aryl methyl sites for hydroxylation is 1. The number of ether oxygens (including phenoxy) is 1. The van der Waals surface area contributed by atoms with Gasteiger partial charge >= 0.3 is 0 Å². The lowest BCUT2D eigenvalue weighted by molar-refractivity contribution is -0.758.